The van der Waals surface area contributed by atoms with Gasteiger partial charge in [0.05, 0.1) is 18.9 Å². The summed E-state index contributed by atoms with van der Waals surface area (Å²) in [4.78, 5) is 14.5. The molecular formula is C16H16BrNO3. The zero-order chi connectivity index (χ0) is 14.8. The van der Waals surface area contributed by atoms with Crippen molar-refractivity contribution in [2.75, 3.05) is 20.2 Å². The van der Waals surface area contributed by atoms with Crippen LogP contribution in [-0.4, -0.2) is 31.0 Å². The van der Waals surface area contributed by atoms with Crippen LogP contribution in [-0.2, 0) is 0 Å². The molecule has 0 saturated carbocycles. The molecule has 2 aromatic rings. The molecule has 5 heteroatoms. The van der Waals surface area contributed by atoms with Crippen LogP contribution < -0.4 is 4.74 Å². The van der Waals surface area contributed by atoms with Gasteiger partial charge in [-0.15, -0.1) is 0 Å². The molecule has 110 valence electrons. The van der Waals surface area contributed by atoms with E-state index in [1.54, 1.807) is 25.5 Å². The highest BCUT2D eigenvalue weighted by Crippen LogP contribution is 2.31. The van der Waals surface area contributed by atoms with Crippen LogP contribution in [0.3, 0.4) is 0 Å². The van der Waals surface area contributed by atoms with E-state index in [0.717, 1.165) is 23.2 Å². The molecule has 1 atom stereocenters. The van der Waals surface area contributed by atoms with Gasteiger partial charge in [-0.25, -0.2) is 0 Å². The highest BCUT2D eigenvalue weighted by Gasteiger charge is 2.30. The predicted octanol–water partition coefficient (Wildman–Crippen LogP) is 3.68. The van der Waals surface area contributed by atoms with Gasteiger partial charge < -0.3 is 14.1 Å². The maximum atomic E-state index is 12.7. The maximum absolute atomic E-state index is 12.7. The molecule has 1 aromatic carbocycles. The molecule has 1 aromatic heterocycles. The van der Waals surface area contributed by atoms with E-state index in [4.69, 9.17) is 9.15 Å². The van der Waals surface area contributed by atoms with Crippen LogP contribution in [0.15, 0.2) is 45.5 Å². The molecule has 0 spiro atoms. The number of methoxy groups -OCH3 is 1. The number of carbonyl (C=O) groups excluding carboxylic acids is 1. The summed E-state index contributed by atoms with van der Waals surface area (Å²) < 4.78 is 11.6. The van der Waals surface area contributed by atoms with Gasteiger partial charge in [0.15, 0.2) is 0 Å². The first kappa shape index (κ1) is 14.2. The molecule has 1 aliphatic rings. The third kappa shape index (κ3) is 2.83. The summed E-state index contributed by atoms with van der Waals surface area (Å²) in [5.74, 6) is 1.83. The lowest BCUT2D eigenvalue weighted by atomic mass is 10.1. The van der Waals surface area contributed by atoms with E-state index in [-0.39, 0.29) is 11.8 Å². The Morgan fingerprint density at radius 1 is 1.43 bits per heavy atom. The molecule has 0 radical (unpaired) electrons. The van der Waals surface area contributed by atoms with Crippen molar-refractivity contribution in [1.82, 2.24) is 4.90 Å². The average Bonchev–Trinajstić information content (AvgIpc) is 3.17. The molecule has 1 fully saturated rings. The molecule has 1 amide bonds. The number of hydrogen-bond acceptors (Lipinski definition) is 3. The molecule has 3 rings (SSSR count). The molecule has 21 heavy (non-hydrogen) atoms. The number of ether oxygens (including phenoxy) is 1. The van der Waals surface area contributed by atoms with Crippen molar-refractivity contribution in [1.29, 1.82) is 0 Å². The lowest BCUT2D eigenvalue weighted by Gasteiger charge is -2.18. The summed E-state index contributed by atoms with van der Waals surface area (Å²) in [7, 11) is 1.58. The number of carbonyl (C=O) groups is 1. The monoisotopic (exact) mass is 349 g/mol. The van der Waals surface area contributed by atoms with Gasteiger partial charge in [0, 0.05) is 23.5 Å². The second-order valence-electron chi connectivity index (χ2n) is 5.10. The molecule has 0 bridgehead atoms. The quantitative estimate of drug-likeness (QED) is 0.848. The zero-order valence-electron chi connectivity index (χ0n) is 11.7. The zero-order valence-corrected chi connectivity index (χ0v) is 13.3. The Morgan fingerprint density at radius 2 is 2.29 bits per heavy atom. The van der Waals surface area contributed by atoms with Gasteiger partial charge in [0.25, 0.3) is 5.91 Å². The first-order valence-electron chi connectivity index (χ1n) is 6.85. The molecule has 0 N–H and O–H groups in total. The average molecular weight is 350 g/mol. The van der Waals surface area contributed by atoms with Gasteiger partial charge in [-0.3, -0.25) is 4.79 Å². The lowest BCUT2D eigenvalue weighted by molar-refractivity contribution is 0.0786. The van der Waals surface area contributed by atoms with Crippen LogP contribution in [0.2, 0.25) is 0 Å². The number of amides is 1. The Labute approximate surface area is 131 Å². The number of likely N-dealkylation sites (tertiary alicyclic amines) is 1. The van der Waals surface area contributed by atoms with Crippen molar-refractivity contribution in [2.24, 2.45) is 0 Å². The number of halogens is 1. The van der Waals surface area contributed by atoms with Crippen LogP contribution >= 0.6 is 15.9 Å². The third-order valence-corrected chi connectivity index (χ3v) is 4.31. The largest absolute Gasteiger partial charge is 0.496 e. The number of furan rings is 1. The maximum Gasteiger partial charge on any atom is 0.257 e. The van der Waals surface area contributed by atoms with Crippen molar-refractivity contribution >= 4 is 21.8 Å². The standard InChI is InChI=1S/C16H16BrNO3/c1-20-15-5-4-12(17)9-13(15)16(19)18-7-6-11(10-18)14-3-2-8-21-14/h2-5,8-9,11H,6-7,10H2,1H3. The first-order valence-corrected chi connectivity index (χ1v) is 7.64. The fourth-order valence-electron chi connectivity index (χ4n) is 2.72. The van der Waals surface area contributed by atoms with E-state index in [9.17, 15) is 4.79 Å². The minimum Gasteiger partial charge on any atom is -0.496 e. The molecule has 2 heterocycles. The SMILES string of the molecule is COc1ccc(Br)cc1C(=O)N1CCC(c2ccco2)C1. The van der Waals surface area contributed by atoms with Crippen LogP contribution in [0.5, 0.6) is 5.75 Å². The molecule has 1 saturated heterocycles. The van der Waals surface area contributed by atoms with Crippen LogP contribution in [0.1, 0.15) is 28.5 Å². The van der Waals surface area contributed by atoms with Gasteiger partial charge in [-0.05, 0) is 36.8 Å². The Bertz CT molecular complexity index is 639. The van der Waals surface area contributed by atoms with Gasteiger partial charge in [0.2, 0.25) is 0 Å². The third-order valence-electron chi connectivity index (χ3n) is 3.81. The lowest BCUT2D eigenvalue weighted by Crippen LogP contribution is -2.28. The molecule has 4 nitrogen and oxygen atoms in total. The summed E-state index contributed by atoms with van der Waals surface area (Å²) in [6.07, 6.45) is 2.60. The molecule has 1 aliphatic heterocycles. The van der Waals surface area contributed by atoms with E-state index in [2.05, 4.69) is 15.9 Å². The summed E-state index contributed by atoms with van der Waals surface area (Å²) in [6.45, 7) is 1.42. The molecule has 0 aliphatic carbocycles. The van der Waals surface area contributed by atoms with Crippen molar-refractivity contribution in [3.63, 3.8) is 0 Å². The highest BCUT2D eigenvalue weighted by molar-refractivity contribution is 9.10. The summed E-state index contributed by atoms with van der Waals surface area (Å²) in [5, 5.41) is 0. The smallest absolute Gasteiger partial charge is 0.257 e. The fourth-order valence-corrected chi connectivity index (χ4v) is 3.08. The fraction of sp³-hybridized carbons (Fsp3) is 0.312. The normalized spacial score (nSPS) is 18.0. The highest BCUT2D eigenvalue weighted by atomic mass is 79.9. The number of rotatable bonds is 3. The van der Waals surface area contributed by atoms with Crippen LogP contribution in [0, 0.1) is 0 Å². The number of hydrogen-bond donors (Lipinski definition) is 0. The Balaban J connectivity index is 1.79. The van der Waals surface area contributed by atoms with Gasteiger partial charge >= 0.3 is 0 Å². The number of benzene rings is 1. The summed E-state index contributed by atoms with van der Waals surface area (Å²) in [6, 6.07) is 9.33. The summed E-state index contributed by atoms with van der Waals surface area (Å²) >= 11 is 3.40. The van der Waals surface area contributed by atoms with Gasteiger partial charge in [0.1, 0.15) is 11.5 Å². The molecular weight excluding hydrogens is 334 g/mol. The first-order chi connectivity index (χ1) is 10.2. The van der Waals surface area contributed by atoms with Crippen molar-refractivity contribution in [3.05, 3.63) is 52.4 Å². The van der Waals surface area contributed by atoms with Crippen LogP contribution in [0.25, 0.3) is 0 Å². The second-order valence-corrected chi connectivity index (χ2v) is 6.01. The van der Waals surface area contributed by atoms with Gasteiger partial charge in [-0.1, -0.05) is 15.9 Å². The minimum atomic E-state index is 0.00204. The Morgan fingerprint density at radius 3 is 3.00 bits per heavy atom. The molecule has 1 unspecified atom stereocenters. The topological polar surface area (TPSA) is 42.7 Å². The van der Waals surface area contributed by atoms with Crippen molar-refractivity contribution in [3.8, 4) is 5.75 Å². The van der Waals surface area contributed by atoms with E-state index in [1.807, 2.05) is 23.1 Å². The van der Waals surface area contributed by atoms with E-state index < -0.39 is 0 Å². The van der Waals surface area contributed by atoms with E-state index >= 15 is 0 Å². The van der Waals surface area contributed by atoms with Crippen molar-refractivity contribution < 1.29 is 13.9 Å². The predicted molar refractivity (Wildman–Crippen MR) is 82.7 cm³/mol. The summed E-state index contributed by atoms with van der Waals surface area (Å²) in [5.41, 5.74) is 0.590. The minimum absolute atomic E-state index is 0.00204. The number of nitrogens with zero attached hydrogens (tertiary/aromatic N) is 1. The Hall–Kier alpha value is -1.75. The van der Waals surface area contributed by atoms with Crippen molar-refractivity contribution in [2.45, 2.75) is 12.3 Å². The van der Waals surface area contributed by atoms with E-state index in [1.165, 1.54) is 0 Å². The Kier molecular flexibility index (Phi) is 4.01. The van der Waals surface area contributed by atoms with Crippen LogP contribution in [0.4, 0.5) is 0 Å². The van der Waals surface area contributed by atoms with E-state index in [0.29, 0.717) is 17.9 Å². The van der Waals surface area contributed by atoms with Gasteiger partial charge in [-0.2, -0.15) is 0 Å². The second kappa shape index (κ2) is 5.93.